The van der Waals surface area contributed by atoms with Crippen LogP contribution in [0.4, 0.5) is 5.95 Å². The summed E-state index contributed by atoms with van der Waals surface area (Å²) in [6, 6.07) is 1.70. The third-order valence-electron chi connectivity index (χ3n) is 2.39. The number of aromatic nitrogens is 2. The second-order valence-corrected chi connectivity index (χ2v) is 4.55. The summed E-state index contributed by atoms with van der Waals surface area (Å²) in [5.74, 6) is 1.96. The highest BCUT2D eigenvalue weighted by atomic mass is 16.5. The Morgan fingerprint density at radius 1 is 1.22 bits per heavy atom. The van der Waals surface area contributed by atoms with Crippen molar-refractivity contribution in [1.29, 1.82) is 0 Å². The molecule has 1 aromatic heterocycles. The second kappa shape index (κ2) is 7.00. The van der Waals surface area contributed by atoms with Crippen LogP contribution in [-0.4, -0.2) is 36.8 Å². The van der Waals surface area contributed by atoms with Gasteiger partial charge in [0.05, 0.1) is 20.3 Å². The molecule has 6 nitrogen and oxygen atoms in total. The van der Waals surface area contributed by atoms with Crippen molar-refractivity contribution in [1.82, 2.24) is 9.97 Å². The molecule has 0 saturated heterocycles. The molecular formula is C12H22N4O2. The molecule has 0 saturated carbocycles. The molecule has 0 amide bonds. The fraction of sp³-hybridized carbons (Fsp3) is 0.667. The van der Waals surface area contributed by atoms with Gasteiger partial charge < -0.3 is 20.5 Å². The van der Waals surface area contributed by atoms with E-state index in [0.717, 1.165) is 6.42 Å². The van der Waals surface area contributed by atoms with E-state index < -0.39 is 0 Å². The molecule has 0 bridgehead atoms. The van der Waals surface area contributed by atoms with Gasteiger partial charge >= 0.3 is 0 Å². The van der Waals surface area contributed by atoms with Crippen molar-refractivity contribution in [2.45, 2.75) is 26.3 Å². The van der Waals surface area contributed by atoms with E-state index in [4.69, 9.17) is 15.2 Å². The Labute approximate surface area is 108 Å². The number of rotatable bonds is 7. The summed E-state index contributed by atoms with van der Waals surface area (Å²) >= 11 is 0. The maximum absolute atomic E-state index is 5.98. The highest BCUT2D eigenvalue weighted by Gasteiger charge is 2.08. The van der Waals surface area contributed by atoms with Crippen LogP contribution in [0, 0.1) is 5.92 Å². The molecule has 0 radical (unpaired) electrons. The van der Waals surface area contributed by atoms with E-state index >= 15 is 0 Å². The quantitative estimate of drug-likeness (QED) is 0.762. The second-order valence-electron chi connectivity index (χ2n) is 4.55. The van der Waals surface area contributed by atoms with Gasteiger partial charge in [0.2, 0.25) is 17.7 Å². The standard InChI is InChI=1S/C12H22N4O2/c1-8(2)5-9(13)7-14-12-15-10(17-3)6-11(16-12)18-4/h6,8-9H,5,7,13H2,1-4H3,(H,14,15,16). The lowest BCUT2D eigenvalue weighted by Crippen LogP contribution is -2.31. The topological polar surface area (TPSA) is 82.3 Å². The minimum Gasteiger partial charge on any atom is -0.481 e. The van der Waals surface area contributed by atoms with Crippen LogP contribution < -0.4 is 20.5 Å². The molecule has 0 fully saturated rings. The van der Waals surface area contributed by atoms with Crippen molar-refractivity contribution in [2.24, 2.45) is 11.7 Å². The summed E-state index contributed by atoms with van der Waals surface area (Å²) in [7, 11) is 3.10. The van der Waals surface area contributed by atoms with Gasteiger partial charge in [0.25, 0.3) is 0 Å². The first-order chi connectivity index (χ1) is 8.55. The number of hydrogen-bond acceptors (Lipinski definition) is 6. The van der Waals surface area contributed by atoms with Crippen LogP contribution in [0.3, 0.4) is 0 Å². The molecule has 102 valence electrons. The van der Waals surface area contributed by atoms with Crippen LogP contribution in [0.5, 0.6) is 11.8 Å². The number of anilines is 1. The highest BCUT2D eigenvalue weighted by molar-refractivity contribution is 5.33. The van der Waals surface area contributed by atoms with Crippen LogP contribution in [0.15, 0.2) is 6.07 Å². The molecule has 1 heterocycles. The van der Waals surface area contributed by atoms with Gasteiger partial charge in [-0.3, -0.25) is 0 Å². The summed E-state index contributed by atoms with van der Waals surface area (Å²) < 4.78 is 10.1. The lowest BCUT2D eigenvalue weighted by atomic mass is 10.0. The molecule has 1 rings (SSSR count). The van der Waals surface area contributed by atoms with Gasteiger partial charge in [0.1, 0.15) is 0 Å². The van der Waals surface area contributed by atoms with E-state index in [0.29, 0.717) is 30.2 Å². The summed E-state index contributed by atoms with van der Waals surface area (Å²) in [6.45, 7) is 4.91. The first-order valence-electron chi connectivity index (χ1n) is 6.01. The number of methoxy groups -OCH3 is 2. The molecule has 1 unspecified atom stereocenters. The van der Waals surface area contributed by atoms with Crippen molar-refractivity contribution in [3.63, 3.8) is 0 Å². The Morgan fingerprint density at radius 2 is 1.78 bits per heavy atom. The summed E-state index contributed by atoms with van der Waals surface area (Å²) in [5.41, 5.74) is 5.98. The fourth-order valence-corrected chi connectivity index (χ4v) is 1.60. The zero-order valence-electron chi connectivity index (χ0n) is 11.4. The Hall–Kier alpha value is -1.56. The van der Waals surface area contributed by atoms with Crippen LogP contribution in [0.2, 0.25) is 0 Å². The van der Waals surface area contributed by atoms with Crippen LogP contribution in [0.25, 0.3) is 0 Å². The normalized spacial score (nSPS) is 12.3. The third-order valence-corrected chi connectivity index (χ3v) is 2.39. The molecule has 0 aromatic carbocycles. The molecule has 0 aliphatic carbocycles. The Balaban J connectivity index is 2.60. The molecule has 1 aromatic rings. The molecule has 0 aliphatic rings. The van der Waals surface area contributed by atoms with E-state index in [1.54, 1.807) is 20.3 Å². The lowest BCUT2D eigenvalue weighted by molar-refractivity contribution is 0.372. The minimum absolute atomic E-state index is 0.0748. The van der Waals surface area contributed by atoms with Crippen molar-refractivity contribution >= 4 is 5.95 Å². The monoisotopic (exact) mass is 254 g/mol. The zero-order chi connectivity index (χ0) is 13.5. The fourth-order valence-electron chi connectivity index (χ4n) is 1.60. The maximum Gasteiger partial charge on any atom is 0.229 e. The Morgan fingerprint density at radius 3 is 2.22 bits per heavy atom. The number of ether oxygens (including phenoxy) is 2. The number of nitrogens with one attached hydrogen (secondary N) is 1. The average molecular weight is 254 g/mol. The summed E-state index contributed by atoms with van der Waals surface area (Å²) in [6.07, 6.45) is 0.952. The molecule has 0 aliphatic heterocycles. The van der Waals surface area contributed by atoms with Crippen LogP contribution >= 0.6 is 0 Å². The van der Waals surface area contributed by atoms with Gasteiger partial charge in [0, 0.05) is 12.6 Å². The lowest BCUT2D eigenvalue weighted by Gasteiger charge is -2.15. The van der Waals surface area contributed by atoms with Crippen molar-refractivity contribution in [3.8, 4) is 11.8 Å². The minimum atomic E-state index is 0.0748. The predicted octanol–water partition coefficient (Wildman–Crippen LogP) is 1.28. The first kappa shape index (κ1) is 14.5. The highest BCUT2D eigenvalue weighted by Crippen LogP contribution is 2.17. The van der Waals surface area contributed by atoms with E-state index in [2.05, 4.69) is 29.1 Å². The smallest absolute Gasteiger partial charge is 0.229 e. The van der Waals surface area contributed by atoms with Crippen LogP contribution in [0.1, 0.15) is 20.3 Å². The zero-order valence-corrected chi connectivity index (χ0v) is 11.4. The Bertz CT molecular complexity index is 349. The van der Waals surface area contributed by atoms with Gasteiger partial charge in [-0.25, -0.2) is 0 Å². The van der Waals surface area contributed by atoms with Gasteiger partial charge in [-0.15, -0.1) is 0 Å². The number of hydrogen-bond donors (Lipinski definition) is 2. The maximum atomic E-state index is 5.98. The molecular weight excluding hydrogens is 232 g/mol. The van der Waals surface area contributed by atoms with Gasteiger partial charge in [-0.1, -0.05) is 13.8 Å². The SMILES string of the molecule is COc1cc(OC)nc(NCC(N)CC(C)C)n1. The van der Waals surface area contributed by atoms with Crippen molar-refractivity contribution < 1.29 is 9.47 Å². The largest absolute Gasteiger partial charge is 0.481 e. The van der Waals surface area contributed by atoms with Crippen LogP contribution in [-0.2, 0) is 0 Å². The predicted molar refractivity (Wildman–Crippen MR) is 71.1 cm³/mol. The summed E-state index contributed by atoms with van der Waals surface area (Å²) in [5, 5.41) is 3.09. The van der Waals surface area contributed by atoms with E-state index in [9.17, 15) is 0 Å². The van der Waals surface area contributed by atoms with Crippen molar-refractivity contribution in [3.05, 3.63) is 6.07 Å². The Kier molecular flexibility index (Phi) is 5.64. The van der Waals surface area contributed by atoms with Crippen molar-refractivity contribution in [2.75, 3.05) is 26.1 Å². The third kappa shape index (κ3) is 4.75. The number of nitrogens with two attached hydrogens (primary N) is 1. The number of nitrogens with zero attached hydrogens (tertiary/aromatic N) is 2. The summed E-state index contributed by atoms with van der Waals surface area (Å²) in [4.78, 5) is 8.34. The van der Waals surface area contributed by atoms with E-state index in [1.807, 2.05) is 0 Å². The molecule has 1 atom stereocenters. The van der Waals surface area contributed by atoms with E-state index in [-0.39, 0.29) is 6.04 Å². The molecule has 18 heavy (non-hydrogen) atoms. The first-order valence-corrected chi connectivity index (χ1v) is 6.01. The molecule has 3 N–H and O–H groups in total. The molecule has 6 heteroatoms. The van der Waals surface area contributed by atoms with Gasteiger partial charge in [-0.05, 0) is 12.3 Å². The van der Waals surface area contributed by atoms with Gasteiger partial charge in [0.15, 0.2) is 0 Å². The van der Waals surface area contributed by atoms with E-state index in [1.165, 1.54) is 0 Å². The van der Waals surface area contributed by atoms with Gasteiger partial charge in [-0.2, -0.15) is 9.97 Å². The molecule has 0 spiro atoms. The average Bonchev–Trinajstić information content (AvgIpc) is 2.35.